The van der Waals surface area contributed by atoms with Crippen LogP contribution >= 0.6 is 0 Å². The monoisotopic (exact) mass is 242 g/mol. The van der Waals surface area contributed by atoms with Crippen molar-refractivity contribution in [2.24, 2.45) is 5.92 Å². The molecule has 1 aliphatic rings. The molecule has 0 bridgehead atoms. The summed E-state index contributed by atoms with van der Waals surface area (Å²) in [6.45, 7) is 1.72. The molecule has 2 amide bonds. The van der Waals surface area contributed by atoms with Gasteiger partial charge in [0.2, 0.25) is 0 Å². The van der Waals surface area contributed by atoms with E-state index in [4.69, 9.17) is 6.42 Å². The van der Waals surface area contributed by atoms with Crippen LogP contribution in [0, 0.1) is 18.3 Å². The summed E-state index contributed by atoms with van der Waals surface area (Å²) in [6.07, 6.45) is 7.73. The van der Waals surface area contributed by atoms with Crippen molar-refractivity contribution in [3.05, 3.63) is 35.9 Å². The maximum Gasteiger partial charge on any atom is 0.318 e. The first kappa shape index (κ1) is 12.5. The van der Waals surface area contributed by atoms with Crippen LogP contribution in [0.2, 0.25) is 0 Å². The van der Waals surface area contributed by atoms with Gasteiger partial charge in [-0.3, -0.25) is 0 Å². The number of urea groups is 1. The number of carbonyl (C=O) groups is 1. The first-order chi connectivity index (χ1) is 8.79. The Morgan fingerprint density at radius 3 is 2.72 bits per heavy atom. The number of hydrogen-bond acceptors (Lipinski definition) is 1. The van der Waals surface area contributed by atoms with E-state index >= 15 is 0 Å². The number of nitrogens with zero attached hydrogens (tertiary/aromatic N) is 1. The highest BCUT2D eigenvalue weighted by Crippen LogP contribution is 2.29. The van der Waals surface area contributed by atoms with Crippen LogP contribution in [0.5, 0.6) is 0 Å². The summed E-state index contributed by atoms with van der Waals surface area (Å²) in [5.41, 5.74) is 1.10. The van der Waals surface area contributed by atoms with Crippen molar-refractivity contribution in [3.63, 3.8) is 0 Å². The van der Waals surface area contributed by atoms with Crippen LogP contribution in [-0.2, 0) is 6.54 Å². The maximum atomic E-state index is 12.0. The molecule has 0 radical (unpaired) electrons. The smallest absolute Gasteiger partial charge is 0.318 e. The molecule has 1 fully saturated rings. The number of nitrogens with one attached hydrogen (secondary N) is 1. The molecular formula is C15H18N2O. The fraction of sp³-hybridized carbons (Fsp3) is 0.400. The lowest BCUT2D eigenvalue weighted by molar-refractivity contribution is 0.201. The minimum Gasteiger partial charge on any atom is -0.334 e. The summed E-state index contributed by atoms with van der Waals surface area (Å²) in [4.78, 5) is 13.7. The number of hydrogen-bond donors (Lipinski definition) is 1. The molecule has 3 nitrogen and oxygen atoms in total. The molecule has 1 aromatic rings. The Balaban J connectivity index is 1.82. The summed E-state index contributed by atoms with van der Waals surface area (Å²) >= 11 is 0. The SMILES string of the molecule is C#CCN(CC1CC1)C(=O)NCc1ccccc1. The summed E-state index contributed by atoms with van der Waals surface area (Å²) < 4.78 is 0. The van der Waals surface area contributed by atoms with Gasteiger partial charge >= 0.3 is 6.03 Å². The molecule has 18 heavy (non-hydrogen) atoms. The summed E-state index contributed by atoms with van der Waals surface area (Å²) in [7, 11) is 0. The summed E-state index contributed by atoms with van der Waals surface area (Å²) in [6, 6.07) is 9.81. The molecule has 0 aromatic heterocycles. The van der Waals surface area contributed by atoms with Crippen LogP contribution in [0.3, 0.4) is 0 Å². The third kappa shape index (κ3) is 3.81. The van der Waals surface area contributed by atoms with Gasteiger partial charge in [-0.25, -0.2) is 4.79 Å². The van der Waals surface area contributed by atoms with Crippen molar-refractivity contribution in [2.75, 3.05) is 13.1 Å². The van der Waals surface area contributed by atoms with Gasteiger partial charge in [0.05, 0.1) is 6.54 Å². The van der Waals surface area contributed by atoms with Crippen LogP contribution in [0.15, 0.2) is 30.3 Å². The minimum absolute atomic E-state index is 0.0660. The molecule has 0 saturated heterocycles. The van der Waals surface area contributed by atoms with Crippen molar-refractivity contribution in [3.8, 4) is 12.3 Å². The summed E-state index contributed by atoms with van der Waals surface area (Å²) in [5.74, 6) is 3.20. The van der Waals surface area contributed by atoms with Gasteiger partial charge in [-0.2, -0.15) is 0 Å². The molecule has 2 rings (SSSR count). The van der Waals surface area contributed by atoms with Crippen LogP contribution < -0.4 is 5.32 Å². The molecule has 1 N–H and O–H groups in total. The normalized spacial score (nSPS) is 13.7. The molecule has 94 valence electrons. The number of amides is 2. The van der Waals surface area contributed by atoms with Gasteiger partial charge in [-0.05, 0) is 24.3 Å². The van der Waals surface area contributed by atoms with Crippen LogP contribution in [0.1, 0.15) is 18.4 Å². The van der Waals surface area contributed by atoms with E-state index in [1.807, 2.05) is 30.3 Å². The molecule has 1 aromatic carbocycles. The molecule has 0 spiro atoms. The molecular weight excluding hydrogens is 224 g/mol. The van der Waals surface area contributed by atoms with E-state index in [0.29, 0.717) is 19.0 Å². The zero-order valence-corrected chi connectivity index (χ0v) is 10.4. The number of carbonyl (C=O) groups excluding carboxylic acids is 1. The molecule has 1 aliphatic carbocycles. The first-order valence-corrected chi connectivity index (χ1v) is 6.29. The Labute approximate surface area is 108 Å². The lowest BCUT2D eigenvalue weighted by Crippen LogP contribution is -2.41. The molecule has 0 aliphatic heterocycles. The van der Waals surface area contributed by atoms with Gasteiger partial charge in [-0.15, -0.1) is 6.42 Å². The third-order valence-electron chi connectivity index (χ3n) is 3.03. The van der Waals surface area contributed by atoms with Crippen molar-refractivity contribution >= 4 is 6.03 Å². The van der Waals surface area contributed by atoms with E-state index < -0.39 is 0 Å². The molecule has 3 heteroatoms. The van der Waals surface area contributed by atoms with Gasteiger partial charge in [0.1, 0.15) is 0 Å². The zero-order valence-electron chi connectivity index (χ0n) is 10.4. The second-order valence-corrected chi connectivity index (χ2v) is 4.67. The van der Waals surface area contributed by atoms with Gasteiger partial charge in [0.15, 0.2) is 0 Å². The Hall–Kier alpha value is -1.95. The number of rotatable bonds is 5. The Bertz CT molecular complexity index is 432. The predicted octanol–water partition coefficient (Wildman–Crippen LogP) is 2.24. The van der Waals surface area contributed by atoms with Crippen LogP contribution in [0.25, 0.3) is 0 Å². The lowest BCUT2D eigenvalue weighted by Gasteiger charge is -2.20. The highest BCUT2D eigenvalue weighted by molar-refractivity contribution is 5.74. The average molecular weight is 242 g/mol. The van der Waals surface area contributed by atoms with Gasteiger partial charge in [0, 0.05) is 13.1 Å². The van der Waals surface area contributed by atoms with Gasteiger partial charge < -0.3 is 10.2 Å². The van der Waals surface area contributed by atoms with E-state index in [1.165, 1.54) is 12.8 Å². The quantitative estimate of drug-likeness (QED) is 0.789. The maximum absolute atomic E-state index is 12.0. The van der Waals surface area contributed by atoms with Crippen molar-refractivity contribution in [1.82, 2.24) is 10.2 Å². The Kier molecular flexibility index (Phi) is 4.25. The van der Waals surface area contributed by atoms with Crippen LogP contribution in [0.4, 0.5) is 4.79 Å². The van der Waals surface area contributed by atoms with Crippen molar-refractivity contribution in [2.45, 2.75) is 19.4 Å². The number of benzene rings is 1. The zero-order chi connectivity index (χ0) is 12.8. The van der Waals surface area contributed by atoms with Crippen LogP contribution in [-0.4, -0.2) is 24.0 Å². The van der Waals surface area contributed by atoms with E-state index in [0.717, 1.165) is 12.1 Å². The molecule has 0 unspecified atom stereocenters. The topological polar surface area (TPSA) is 32.3 Å². The average Bonchev–Trinajstić information content (AvgIpc) is 3.21. The minimum atomic E-state index is -0.0660. The van der Waals surface area contributed by atoms with E-state index in [9.17, 15) is 4.79 Å². The largest absolute Gasteiger partial charge is 0.334 e. The predicted molar refractivity (Wildman–Crippen MR) is 71.8 cm³/mol. The fourth-order valence-electron chi connectivity index (χ4n) is 1.83. The third-order valence-corrected chi connectivity index (χ3v) is 3.03. The molecule has 0 heterocycles. The Morgan fingerprint density at radius 2 is 2.11 bits per heavy atom. The fourth-order valence-corrected chi connectivity index (χ4v) is 1.83. The van der Waals surface area contributed by atoms with Gasteiger partial charge in [0.25, 0.3) is 0 Å². The second kappa shape index (κ2) is 6.11. The van der Waals surface area contributed by atoms with Crippen molar-refractivity contribution < 1.29 is 4.79 Å². The molecule has 1 saturated carbocycles. The highest BCUT2D eigenvalue weighted by atomic mass is 16.2. The summed E-state index contributed by atoms with van der Waals surface area (Å²) in [5, 5.41) is 2.91. The standard InChI is InChI=1S/C15H18N2O/c1-2-10-17(12-14-8-9-14)15(18)16-11-13-6-4-3-5-7-13/h1,3-7,14H,8-12H2,(H,16,18). The van der Waals surface area contributed by atoms with Crippen molar-refractivity contribution in [1.29, 1.82) is 0 Å². The Morgan fingerprint density at radius 1 is 1.39 bits per heavy atom. The first-order valence-electron chi connectivity index (χ1n) is 6.29. The lowest BCUT2D eigenvalue weighted by atomic mass is 10.2. The molecule has 0 atom stereocenters. The number of terminal acetylenes is 1. The van der Waals surface area contributed by atoms with E-state index in [-0.39, 0.29) is 6.03 Å². The highest BCUT2D eigenvalue weighted by Gasteiger charge is 2.26. The second-order valence-electron chi connectivity index (χ2n) is 4.67. The van der Waals surface area contributed by atoms with Gasteiger partial charge in [-0.1, -0.05) is 36.3 Å². The van der Waals surface area contributed by atoms with E-state index in [2.05, 4.69) is 11.2 Å². The van der Waals surface area contributed by atoms with E-state index in [1.54, 1.807) is 4.90 Å².